The van der Waals surface area contributed by atoms with E-state index in [0.717, 1.165) is 39.0 Å². The second-order valence-electron chi connectivity index (χ2n) is 5.38. The third-order valence-electron chi connectivity index (χ3n) is 4.08. The van der Waals surface area contributed by atoms with Crippen LogP contribution in [0, 0.1) is 3.57 Å². The van der Waals surface area contributed by atoms with Crippen molar-refractivity contribution in [2.45, 2.75) is 24.8 Å². The molecule has 3 rings (SSSR count). The van der Waals surface area contributed by atoms with Crippen LogP contribution in [-0.4, -0.2) is 5.91 Å². The highest BCUT2D eigenvalue weighted by Gasteiger charge is 2.40. The molecule has 4 heteroatoms. The summed E-state index contributed by atoms with van der Waals surface area (Å²) in [7, 11) is 0. The minimum Gasteiger partial charge on any atom is -0.342 e. The number of benzene rings is 2. The summed E-state index contributed by atoms with van der Waals surface area (Å²) in [4.78, 5) is 12.6. The SMILES string of the molecule is O=C(NC1(c2ccc(Cl)cc2)CCC1)c1ccccc1I. The van der Waals surface area contributed by atoms with Crippen LogP contribution in [0.5, 0.6) is 0 Å². The molecule has 1 saturated carbocycles. The molecule has 0 atom stereocenters. The van der Waals surface area contributed by atoms with Crippen LogP contribution >= 0.6 is 34.2 Å². The summed E-state index contributed by atoms with van der Waals surface area (Å²) in [6, 6.07) is 15.4. The molecule has 1 N–H and O–H groups in total. The van der Waals surface area contributed by atoms with E-state index >= 15 is 0 Å². The van der Waals surface area contributed by atoms with Crippen LogP contribution in [0.1, 0.15) is 35.2 Å². The van der Waals surface area contributed by atoms with Gasteiger partial charge in [0.25, 0.3) is 5.91 Å². The fourth-order valence-corrected chi connectivity index (χ4v) is 3.47. The first-order valence-corrected chi connectivity index (χ1v) is 8.39. The van der Waals surface area contributed by atoms with Gasteiger partial charge in [-0.3, -0.25) is 4.79 Å². The number of halogens is 2. The third-order valence-corrected chi connectivity index (χ3v) is 5.27. The molecule has 21 heavy (non-hydrogen) atoms. The lowest BCUT2D eigenvalue weighted by Crippen LogP contribution is -2.50. The van der Waals surface area contributed by atoms with Crippen LogP contribution < -0.4 is 5.32 Å². The number of hydrogen-bond donors (Lipinski definition) is 1. The number of amides is 1. The standard InChI is InChI=1S/C17H15ClINO/c18-13-8-6-12(7-9-13)17(10-3-11-17)20-16(21)14-4-1-2-5-15(14)19/h1-2,4-9H,3,10-11H2,(H,20,21). The average molecular weight is 412 g/mol. The number of rotatable bonds is 3. The molecule has 0 radical (unpaired) electrons. The van der Waals surface area contributed by atoms with E-state index in [1.54, 1.807) is 0 Å². The molecule has 0 saturated heterocycles. The van der Waals surface area contributed by atoms with Gasteiger partial charge in [-0.05, 0) is 71.7 Å². The Morgan fingerprint density at radius 1 is 1.10 bits per heavy atom. The Labute approximate surface area is 143 Å². The van der Waals surface area contributed by atoms with Crippen molar-refractivity contribution in [1.29, 1.82) is 0 Å². The van der Waals surface area contributed by atoms with Gasteiger partial charge in [-0.2, -0.15) is 0 Å². The van der Waals surface area contributed by atoms with Crippen LogP contribution in [0.2, 0.25) is 5.02 Å². The summed E-state index contributed by atoms with van der Waals surface area (Å²) >= 11 is 8.16. The molecule has 0 aromatic heterocycles. The molecule has 1 fully saturated rings. The molecule has 2 nitrogen and oxygen atoms in total. The van der Waals surface area contributed by atoms with Crippen molar-refractivity contribution in [3.8, 4) is 0 Å². The molecule has 1 aliphatic carbocycles. The zero-order valence-corrected chi connectivity index (χ0v) is 14.3. The fraction of sp³-hybridized carbons (Fsp3) is 0.235. The summed E-state index contributed by atoms with van der Waals surface area (Å²) in [5.41, 5.74) is 1.64. The van der Waals surface area contributed by atoms with Crippen molar-refractivity contribution in [2.75, 3.05) is 0 Å². The Morgan fingerprint density at radius 3 is 2.33 bits per heavy atom. The predicted octanol–water partition coefficient (Wildman–Crippen LogP) is 4.75. The van der Waals surface area contributed by atoms with Crippen molar-refractivity contribution in [1.82, 2.24) is 5.32 Å². The second-order valence-corrected chi connectivity index (χ2v) is 6.98. The lowest BCUT2D eigenvalue weighted by atomic mass is 9.71. The van der Waals surface area contributed by atoms with Gasteiger partial charge in [-0.15, -0.1) is 0 Å². The maximum atomic E-state index is 12.6. The predicted molar refractivity (Wildman–Crippen MR) is 93.6 cm³/mol. The number of nitrogens with one attached hydrogen (secondary N) is 1. The molecule has 0 aliphatic heterocycles. The van der Waals surface area contributed by atoms with Gasteiger partial charge >= 0.3 is 0 Å². The molecule has 2 aromatic rings. The lowest BCUT2D eigenvalue weighted by Gasteiger charge is -2.43. The first-order valence-electron chi connectivity index (χ1n) is 6.94. The topological polar surface area (TPSA) is 29.1 Å². The normalized spacial score (nSPS) is 16.1. The molecule has 108 valence electrons. The number of hydrogen-bond acceptors (Lipinski definition) is 1. The van der Waals surface area contributed by atoms with E-state index in [0.29, 0.717) is 0 Å². The minimum atomic E-state index is -0.236. The third kappa shape index (κ3) is 2.94. The summed E-state index contributed by atoms with van der Waals surface area (Å²) < 4.78 is 0.971. The average Bonchev–Trinajstić information content (AvgIpc) is 2.44. The highest BCUT2D eigenvalue weighted by Crippen LogP contribution is 2.41. The van der Waals surface area contributed by atoms with Crippen molar-refractivity contribution in [3.63, 3.8) is 0 Å². The lowest BCUT2D eigenvalue weighted by molar-refractivity contribution is 0.0822. The molecular weight excluding hydrogens is 397 g/mol. The minimum absolute atomic E-state index is 0.00495. The van der Waals surface area contributed by atoms with E-state index in [9.17, 15) is 4.79 Å². The van der Waals surface area contributed by atoms with Crippen LogP contribution in [-0.2, 0) is 5.54 Å². The van der Waals surface area contributed by atoms with Gasteiger partial charge in [0, 0.05) is 8.59 Å². The zero-order valence-electron chi connectivity index (χ0n) is 11.4. The molecule has 1 amide bonds. The highest BCUT2D eigenvalue weighted by atomic mass is 127. The second kappa shape index (κ2) is 5.97. The molecule has 0 spiro atoms. The quantitative estimate of drug-likeness (QED) is 0.725. The molecule has 0 unspecified atom stereocenters. The van der Waals surface area contributed by atoms with Gasteiger partial charge in [0.2, 0.25) is 0 Å². The highest BCUT2D eigenvalue weighted by molar-refractivity contribution is 14.1. The Balaban J connectivity index is 1.86. The van der Waals surface area contributed by atoms with Gasteiger partial charge in [-0.25, -0.2) is 0 Å². The summed E-state index contributed by atoms with van der Waals surface area (Å²) in [5.74, 6) is -0.00495. The number of carbonyl (C=O) groups excluding carboxylic acids is 1. The Hall–Kier alpha value is -1.07. The Morgan fingerprint density at radius 2 is 1.76 bits per heavy atom. The number of carbonyl (C=O) groups is 1. The Kier molecular flexibility index (Phi) is 4.22. The maximum absolute atomic E-state index is 12.6. The summed E-state index contributed by atoms with van der Waals surface area (Å²) in [5, 5.41) is 3.96. The van der Waals surface area contributed by atoms with Gasteiger partial charge in [0.1, 0.15) is 0 Å². The first kappa shape index (κ1) is 14.9. The molecular formula is C17H15ClINO. The van der Waals surface area contributed by atoms with E-state index in [-0.39, 0.29) is 11.4 Å². The van der Waals surface area contributed by atoms with Crippen LogP contribution in [0.3, 0.4) is 0 Å². The van der Waals surface area contributed by atoms with Gasteiger partial charge in [-0.1, -0.05) is 35.9 Å². The van der Waals surface area contributed by atoms with Gasteiger partial charge in [0.15, 0.2) is 0 Å². The van der Waals surface area contributed by atoms with Crippen molar-refractivity contribution in [3.05, 3.63) is 68.3 Å². The van der Waals surface area contributed by atoms with E-state index in [1.807, 2.05) is 48.5 Å². The van der Waals surface area contributed by atoms with Crippen LogP contribution in [0.25, 0.3) is 0 Å². The fourth-order valence-electron chi connectivity index (χ4n) is 2.72. The van der Waals surface area contributed by atoms with Crippen molar-refractivity contribution >= 4 is 40.1 Å². The summed E-state index contributed by atoms with van der Waals surface area (Å²) in [6.07, 6.45) is 3.09. The molecule has 1 aliphatic rings. The largest absolute Gasteiger partial charge is 0.342 e. The zero-order chi connectivity index (χ0) is 14.9. The monoisotopic (exact) mass is 411 g/mol. The van der Waals surface area contributed by atoms with E-state index in [4.69, 9.17) is 11.6 Å². The molecule has 2 aromatic carbocycles. The van der Waals surface area contributed by atoms with Crippen molar-refractivity contribution in [2.24, 2.45) is 0 Å². The Bertz CT molecular complexity index is 665. The maximum Gasteiger partial charge on any atom is 0.253 e. The van der Waals surface area contributed by atoms with E-state index in [1.165, 1.54) is 0 Å². The van der Waals surface area contributed by atoms with Gasteiger partial charge in [0.05, 0.1) is 11.1 Å². The molecule has 0 bridgehead atoms. The van der Waals surface area contributed by atoms with E-state index in [2.05, 4.69) is 27.9 Å². The molecule has 0 heterocycles. The first-order chi connectivity index (χ1) is 10.1. The van der Waals surface area contributed by atoms with Crippen LogP contribution in [0.15, 0.2) is 48.5 Å². The van der Waals surface area contributed by atoms with Crippen LogP contribution in [0.4, 0.5) is 0 Å². The van der Waals surface area contributed by atoms with Gasteiger partial charge < -0.3 is 5.32 Å². The smallest absolute Gasteiger partial charge is 0.253 e. The van der Waals surface area contributed by atoms with Crippen molar-refractivity contribution < 1.29 is 4.79 Å². The summed E-state index contributed by atoms with van der Waals surface area (Å²) in [6.45, 7) is 0. The van der Waals surface area contributed by atoms with E-state index < -0.39 is 0 Å².